The topological polar surface area (TPSA) is 101 Å². The summed E-state index contributed by atoms with van der Waals surface area (Å²) in [5.41, 5.74) is -0.557. The van der Waals surface area contributed by atoms with E-state index in [0.29, 0.717) is 0 Å². The van der Waals surface area contributed by atoms with E-state index in [2.05, 4.69) is 5.32 Å². The number of alkyl halides is 3. The van der Waals surface area contributed by atoms with E-state index in [9.17, 15) is 31.7 Å². The number of nitro groups is 1. The van der Waals surface area contributed by atoms with Crippen LogP contribution in [0, 0.1) is 10.1 Å². The summed E-state index contributed by atoms with van der Waals surface area (Å²) in [6.45, 7) is -1.73. The van der Waals surface area contributed by atoms with Crippen molar-refractivity contribution in [2.45, 2.75) is 11.1 Å². The fourth-order valence-corrected chi connectivity index (χ4v) is 2.52. The molecule has 0 saturated heterocycles. The second-order valence-electron chi connectivity index (χ2n) is 3.63. The van der Waals surface area contributed by atoms with Gasteiger partial charge in [0, 0.05) is 19.2 Å². The normalized spacial score (nSPS) is 12.2. The maximum atomic E-state index is 12.0. The number of halogens is 3. The van der Waals surface area contributed by atoms with Gasteiger partial charge in [0.05, 0.1) is 10.6 Å². The van der Waals surface area contributed by atoms with E-state index in [4.69, 9.17) is 0 Å². The molecule has 20 heavy (non-hydrogen) atoms. The van der Waals surface area contributed by atoms with E-state index in [1.165, 1.54) is 11.8 Å². The second-order valence-corrected chi connectivity index (χ2v) is 5.36. The molecule has 11 heteroatoms. The minimum absolute atomic E-state index is 0.172. The third-order valence-corrected chi connectivity index (χ3v) is 3.65. The van der Waals surface area contributed by atoms with Crippen LogP contribution in [-0.2, 0) is 10.0 Å². The van der Waals surface area contributed by atoms with Gasteiger partial charge in [-0.15, -0.1) is 0 Å². The van der Waals surface area contributed by atoms with Crippen molar-refractivity contribution in [2.75, 3.05) is 18.9 Å². The quantitative estimate of drug-likeness (QED) is 0.633. The van der Waals surface area contributed by atoms with E-state index >= 15 is 0 Å². The SMILES string of the molecule is CNc1cc([N+](=O)[O-])ccc1S(=O)(=O)NCC(F)(F)F. The molecule has 1 rings (SSSR count). The first-order valence-corrected chi connectivity index (χ1v) is 6.58. The molecule has 1 aromatic rings. The van der Waals surface area contributed by atoms with Crippen LogP contribution in [0.15, 0.2) is 23.1 Å². The minimum atomic E-state index is -4.70. The largest absolute Gasteiger partial charge is 0.402 e. The highest BCUT2D eigenvalue weighted by Crippen LogP contribution is 2.26. The molecule has 0 aromatic heterocycles. The molecule has 0 amide bonds. The first-order valence-electron chi connectivity index (χ1n) is 5.09. The fraction of sp³-hybridized carbons (Fsp3) is 0.333. The molecule has 0 aliphatic heterocycles. The van der Waals surface area contributed by atoms with Crippen LogP contribution in [0.3, 0.4) is 0 Å². The Morgan fingerprint density at radius 3 is 2.40 bits per heavy atom. The third-order valence-electron chi connectivity index (χ3n) is 2.20. The van der Waals surface area contributed by atoms with Crippen LogP contribution in [0.25, 0.3) is 0 Å². The van der Waals surface area contributed by atoms with E-state index in [1.807, 2.05) is 0 Å². The lowest BCUT2D eigenvalue weighted by atomic mass is 10.3. The molecule has 0 radical (unpaired) electrons. The summed E-state index contributed by atoms with van der Waals surface area (Å²) in [6.07, 6.45) is -4.70. The van der Waals surface area contributed by atoms with Crippen molar-refractivity contribution in [3.05, 3.63) is 28.3 Å². The number of sulfonamides is 1. The molecular weight excluding hydrogens is 303 g/mol. The van der Waals surface area contributed by atoms with Gasteiger partial charge >= 0.3 is 6.18 Å². The lowest BCUT2D eigenvalue weighted by Crippen LogP contribution is -2.34. The summed E-state index contributed by atoms with van der Waals surface area (Å²) in [4.78, 5) is 9.30. The van der Waals surface area contributed by atoms with Gasteiger partial charge in [-0.25, -0.2) is 13.1 Å². The highest BCUT2D eigenvalue weighted by Gasteiger charge is 2.31. The monoisotopic (exact) mass is 313 g/mol. The number of nitrogens with one attached hydrogen (secondary N) is 2. The average Bonchev–Trinajstić information content (AvgIpc) is 2.35. The molecule has 0 fully saturated rings. The maximum absolute atomic E-state index is 12.0. The Labute approximate surface area is 112 Å². The van der Waals surface area contributed by atoms with Crippen molar-refractivity contribution in [1.29, 1.82) is 0 Å². The molecule has 1 aromatic carbocycles. The van der Waals surface area contributed by atoms with Gasteiger partial charge in [-0.1, -0.05) is 0 Å². The molecule has 0 spiro atoms. The summed E-state index contributed by atoms with van der Waals surface area (Å²) in [6, 6.07) is 2.67. The summed E-state index contributed by atoms with van der Waals surface area (Å²) < 4.78 is 60.9. The first kappa shape index (κ1) is 16.2. The molecule has 0 bridgehead atoms. The van der Waals surface area contributed by atoms with Gasteiger partial charge in [-0.3, -0.25) is 10.1 Å². The van der Waals surface area contributed by atoms with Crippen molar-refractivity contribution in [2.24, 2.45) is 0 Å². The molecular formula is C9H10F3N3O4S. The van der Waals surface area contributed by atoms with Crippen LogP contribution in [0.4, 0.5) is 24.5 Å². The average molecular weight is 313 g/mol. The number of hydrogen-bond acceptors (Lipinski definition) is 5. The zero-order valence-electron chi connectivity index (χ0n) is 10.1. The Balaban J connectivity index is 3.15. The predicted molar refractivity (Wildman–Crippen MR) is 63.9 cm³/mol. The standard InChI is InChI=1S/C9H10F3N3O4S/c1-13-7-4-6(15(16)17)2-3-8(7)20(18,19)14-5-9(10,11)12/h2-4,13-14H,5H2,1H3. The summed E-state index contributed by atoms with van der Waals surface area (Å²) in [7, 11) is -3.14. The lowest BCUT2D eigenvalue weighted by Gasteiger charge is -2.12. The van der Waals surface area contributed by atoms with E-state index < -0.39 is 32.6 Å². The van der Waals surface area contributed by atoms with Crippen LogP contribution in [0.2, 0.25) is 0 Å². The van der Waals surface area contributed by atoms with Crippen molar-refractivity contribution < 1.29 is 26.5 Å². The van der Waals surface area contributed by atoms with Crippen LogP contribution in [-0.4, -0.2) is 33.1 Å². The van der Waals surface area contributed by atoms with Gasteiger partial charge < -0.3 is 5.32 Å². The molecule has 0 atom stereocenters. The smallest absolute Gasteiger partial charge is 0.387 e. The minimum Gasteiger partial charge on any atom is -0.387 e. The molecule has 112 valence electrons. The Bertz CT molecular complexity index is 615. The van der Waals surface area contributed by atoms with Gasteiger partial charge in [0.25, 0.3) is 5.69 Å². The summed E-state index contributed by atoms with van der Waals surface area (Å²) >= 11 is 0. The number of rotatable bonds is 5. The number of nitro benzene ring substituents is 1. The van der Waals surface area contributed by atoms with E-state index in [0.717, 1.165) is 18.2 Å². The zero-order chi connectivity index (χ0) is 15.6. The van der Waals surface area contributed by atoms with Gasteiger partial charge in [0.2, 0.25) is 10.0 Å². The number of hydrogen-bond donors (Lipinski definition) is 2. The first-order chi connectivity index (χ1) is 9.07. The molecule has 0 saturated carbocycles. The molecule has 0 heterocycles. The maximum Gasteiger partial charge on any atom is 0.402 e. The number of nitrogens with zero attached hydrogens (tertiary/aromatic N) is 1. The Hall–Kier alpha value is -1.88. The molecule has 2 N–H and O–H groups in total. The van der Waals surface area contributed by atoms with Crippen molar-refractivity contribution in [3.8, 4) is 0 Å². The Kier molecular flexibility index (Phi) is 4.55. The van der Waals surface area contributed by atoms with Crippen molar-refractivity contribution in [1.82, 2.24) is 4.72 Å². The number of non-ortho nitro benzene ring substituents is 1. The number of anilines is 1. The highest BCUT2D eigenvalue weighted by atomic mass is 32.2. The second kappa shape index (κ2) is 5.63. The summed E-state index contributed by atoms with van der Waals surface area (Å²) in [5, 5.41) is 12.9. The van der Waals surface area contributed by atoms with E-state index in [1.54, 1.807) is 0 Å². The van der Waals surface area contributed by atoms with Gasteiger partial charge in [0.1, 0.15) is 11.4 Å². The predicted octanol–water partition coefficient (Wildman–Crippen LogP) is 1.48. The van der Waals surface area contributed by atoms with Crippen LogP contribution in [0.1, 0.15) is 0 Å². The molecule has 7 nitrogen and oxygen atoms in total. The van der Waals surface area contributed by atoms with E-state index in [-0.39, 0.29) is 11.4 Å². The fourth-order valence-electron chi connectivity index (χ4n) is 1.32. The number of benzene rings is 1. The van der Waals surface area contributed by atoms with Crippen LogP contribution in [0.5, 0.6) is 0 Å². The highest BCUT2D eigenvalue weighted by molar-refractivity contribution is 7.89. The lowest BCUT2D eigenvalue weighted by molar-refractivity contribution is -0.384. The zero-order valence-corrected chi connectivity index (χ0v) is 10.9. The van der Waals surface area contributed by atoms with Crippen molar-refractivity contribution >= 4 is 21.4 Å². The van der Waals surface area contributed by atoms with Gasteiger partial charge in [0.15, 0.2) is 0 Å². The third kappa shape index (κ3) is 4.06. The van der Waals surface area contributed by atoms with Crippen LogP contribution < -0.4 is 10.0 Å². The van der Waals surface area contributed by atoms with Gasteiger partial charge in [-0.2, -0.15) is 13.2 Å². The van der Waals surface area contributed by atoms with Gasteiger partial charge in [-0.05, 0) is 6.07 Å². The van der Waals surface area contributed by atoms with Crippen LogP contribution >= 0.6 is 0 Å². The Morgan fingerprint density at radius 2 is 1.95 bits per heavy atom. The molecule has 0 unspecified atom stereocenters. The molecule has 0 aliphatic rings. The Morgan fingerprint density at radius 1 is 1.35 bits per heavy atom. The van der Waals surface area contributed by atoms with Crippen molar-refractivity contribution in [3.63, 3.8) is 0 Å². The summed E-state index contributed by atoms with van der Waals surface area (Å²) in [5.74, 6) is 0. The molecule has 0 aliphatic carbocycles.